The van der Waals surface area contributed by atoms with E-state index in [1.165, 1.54) is 6.26 Å². The van der Waals surface area contributed by atoms with E-state index in [4.69, 9.17) is 20.8 Å². The Balaban J connectivity index is 1.12. The van der Waals surface area contributed by atoms with E-state index in [2.05, 4.69) is 11.0 Å². The van der Waals surface area contributed by atoms with Crippen molar-refractivity contribution in [2.45, 2.75) is 18.9 Å². The molecule has 6 rings (SSSR count). The number of benzene rings is 2. The van der Waals surface area contributed by atoms with Gasteiger partial charge in [-0.1, -0.05) is 29.8 Å². The van der Waals surface area contributed by atoms with Crippen LogP contribution in [-0.4, -0.2) is 35.7 Å². The van der Waals surface area contributed by atoms with Gasteiger partial charge in [0.05, 0.1) is 10.9 Å². The Kier molecular flexibility index (Phi) is 5.71. The van der Waals surface area contributed by atoms with Gasteiger partial charge in [0.2, 0.25) is 0 Å². The van der Waals surface area contributed by atoms with Crippen LogP contribution in [0.15, 0.2) is 80.9 Å². The number of rotatable bonds is 5. The van der Waals surface area contributed by atoms with Gasteiger partial charge in [0.1, 0.15) is 24.2 Å². The fourth-order valence-electron chi connectivity index (χ4n) is 5.50. The molecule has 0 unspecified atom stereocenters. The Hall–Kier alpha value is -3.35. The summed E-state index contributed by atoms with van der Waals surface area (Å²) >= 11 is 5.96. The topological polar surface area (TPSA) is 64.7 Å². The number of fused-ring (bicyclic) bond motifs is 5. The number of halogens is 1. The molecule has 1 saturated heterocycles. The first-order chi connectivity index (χ1) is 17.0. The van der Waals surface area contributed by atoms with Gasteiger partial charge in [-0.3, -0.25) is 14.5 Å². The van der Waals surface area contributed by atoms with Crippen molar-refractivity contribution < 1.29 is 9.15 Å². The molecule has 6 nitrogen and oxygen atoms in total. The average molecular weight is 489 g/mol. The second-order valence-electron chi connectivity index (χ2n) is 9.45. The van der Waals surface area contributed by atoms with Crippen LogP contribution < -0.4 is 15.7 Å². The van der Waals surface area contributed by atoms with Gasteiger partial charge < -0.3 is 13.7 Å². The number of hydrogen-bond donors (Lipinski definition) is 0. The highest BCUT2D eigenvalue weighted by atomic mass is 35.5. The number of hydrogen-bond acceptors (Lipinski definition) is 5. The van der Waals surface area contributed by atoms with Gasteiger partial charge in [-0.25, -0.2) is 0 Å². The van der Waals surface area contributed by atoms with Gasteiger partial charge in [0, 0.05) is 54.9 Å². The van der Waals surface area contributed by atoms with Crippen molar-refractivity contribution in [1.82, 2.24) is 9.47 Å². The molecular weight excluding hydrogens is 464 g/mol. The molecule has 1 fully saturated rings. The zero-order valence-electron chi connectivity index (χ0n) is 19.2. The van der Waals surface area contributed by atoms with Crippen LogP contribution in [0.5, 0.6) is 5.75 Å². The van der Waals surface area contributed by atoms with Crippen LogP contribution in [0.2, 0.25) is 5.02 Å². The van der Waals surface area contributed by atoms with Gasteiger partial charge in [-0.05, 0) is 48.2 Å². The first kappa shape index (κ1) is 22.1. The number of aromatic nitrogens is 1. The molecule has 2 aliphatic rings. The molecule has 0 N–H and O–H groups in total. The molecule has 2 aliphatic heterocycles. The summed E-state index contributed by atoms with van der Waals surface area (Å²) in [6.45, 7) is 4.05. The van der Waals surface area contributed by atoms with Crippen molar-refractivity contribution in [3.63, 3.8) is 0 Å². The maximum atomic E-state index is 13.0. The molecule has 2 aromatic heterocycles. The predicted octanol–water partition coefficient (Wildman–Crippen LogP) is 4.77. The number of likely N-dealkylation sites (tertiary alicyclic amines) is 1. The zero-order valence-corrected chi connectivity index (χ0v) is 19.9. The smallest absolute Gasteiger partial charge is 0.250 e. The maximum Gasteiger partial charge on any atom is 0.250 e. The number of ether oxygens (including phenoxy) is 1. The SMILES string of the molecule is O=c1c(-c2ccc(Cl)cc2)coc2cc(OCCN3C[C@@H]4C[C@H](C3)c3cccc(=O)n3C4)ccc12. The molecule has 2 bridgehead atoms. The summed E-state index contributed by atoms with van der Waals surface area (Å²) in [5, 5.41) is 1.14. The van der Waals surface area contributed by atoms with Crippen molar-refractivity contribution in [2.24, 2.45) is 5.92 Å². The highest BCUT2D eigenvalue weighted by Gasteiger charge is 2.34. The standard InChI is InChI=1S/C28H25ClN2O4/c29-21-6-4-19(5-7-21)24-17-35-26-13-22(8-9-23(26)28(24)33)34-11-10-30-14-18-12-20(16-30)25-2-1-3-27(32)31(25)15-18/h1-9,13,17-18,20H,10-12,14-16H2/t18-,20+/m0/s1. The quantitative estimate of drug-likeness (QED) is 0.405. The van der Waals surface area contributed by atoms with Crippen LogP contribution in [-0.2, 0) is 6.54 Å². The fraction of sp³-hybridized carbons (Fsp3) is 0.286. The summed E-state index contributed by atoms with van der Waals surface area (Å²) in [6.07, 6.45) is 2.63. The summed E-state index contributed by atoms with van der Waals surface area (Å²) < 4.78 is 13.8. The maximum absolute atomic E-state index is 13.0. The van der Waals surface area contributed by atoms with E-state index in [1.54, 1.807) is 30.3 Å². The minimum Gasteiger partial charge on any atom is -0.492 e. The van der Waals surface area contributed by atoms with Crippen LogP contribution in [0.3, 0.4) is 0 Å². The molecule has 178 valence electrons. The molecule has 0 amide bonds. The van der Waals surface area contributed by atoms with Crippen LogP contribution in [0, 0.1) is 5.92 Å². The highest BCUT2D eigenvalue weighted by Crippen LogP contribution is 2.34. The lowest BCUT2D eigenvalue weighted by Gasteiger charge is -2.42. The number of piperidine rings is 1. The molecule has 4 heterocycles. The second kappa shape index (κ2) is 9.02. The molecular formula is C28H25ClN2O4. The van der Waals surface area contributed by atoms with Crippen LogP contribution >= 0.6 is 11.6 Å². The van der Waals surface area contributed by atoms with Gasteiger partial charge in [-0.2, -0.15) is 0 Å². The first-order valence-corrected chi connectivity index (χ1v) is 12.3. The second-order valence-corrected chi connectivity index (χ2v) is 9.89. The van der Waals surface area contributed by atoms with Crippen molar-refractivity contribution in [3.05, 3.63) is 98.2 Å². The molecule has 35 heavy (non-hydrogen) atoms. The largest absolute Gasteiger partial charge is 0.492 e. The monoisotopic (exact) mass is 488 g/mol. The molecule has 7 heteroatoms. The lowest BCUT2D eigenvalue weighted by Crippen LogP contribution is -2.48. The molecule has 2 aromatic carbocycles. The van der Waals surface area contributed by atoms with Gasteiger partial charge in [-0.15, -0.1) is 0 Å². The van der Waals surface area contributed by atoms with E-state index in [0.29, 0.717) is 45.7 Å². The summed E-state index contributed by atoms with van der Waals surface area (Å²) in [5.74, 6) is 1.56. The Morgan fingerprint density at radius 3 is 2.71 bits per heavy atom. The highest BCUT2D eigenvalue weighted by molar-refractivity contribution is 6.30. The van der Waals surface area contributed by atoms with Crippen molar-refractivity contribution in [1.29, 1.82) is 0 Å². The van der Waals surface area contributed by atoms with Gasteiger partial charge in [0.15, 0.2) is 5.43 Å². The van der Waals surface area contributed by atoms with Crippen LogP contribution in [0.4, 0.5) is 0 Å². The fourth-order valence-corrected chi connectivity index (χ4v) is 5.62. The predicted molar refractivity (Wildman–Crippen MR) is 136 cm³/mol. The van der Waals surface area contributed by atoms with E-state index in [1.807, 2.05) is 28.8 Å². The summed E-state index contributed by atoms with van der Waals surface area (Å²) in [6, 6.07) is 18.1. The zero-order chi connectivity index (χ0) is 23.9. The lowest BCUT2D eigenvalue weighted by molar-refractivity contribution is 0.104. The molecule has 0 radical (unpaired) electrons. The Morgan fingerprint density at radius 1 is 1.00 bits per heavy atom. The third-order valence-corrected chi connectivity index (χ3v) is 7.38. The summed E-state index contributed by atoms with van der Waals surface area (Å²) in [7, 11) is 0. The van der Waals surface area contributed by atoms with Gasteiger partial charge in [0.25, 0.3) is 5.56 Å². The minimum absolute atomic E-state index is 0.0839. The third-order valence-electron chi connectivity index (χ3n) is 7.13. The van der Waals surface area contributed by atoms with Crippen molar-refractivity contribution in [2.75, 3.05) is 26.2 Å². The van der Waals surface area contributed by atoms with Crippen LogP contribution in [0.25, 0.3) is 22.1 Å². The van der Waals surface area contributed by atoms with Crippen molar-refractivity contribution >= 4 is 22.6 Å². The first-order valence-electron chi connectivity index (χ1n) is 11.9. The Bertz CT molecular complexity index is 1510. The Morgan fingerprint density at radius 2 is 1.86 bits per heavy atom. The van der Waals surface area contributed by atoms with E-state index in [0.717, 1.165) is 43.9 Å². The molecule has 0 saturated carbocycles. The third kappa shape index (κ3) is 4.28. The molecule has 0 aliphatic carbocycles. The van der Waals surface area contributed by atoms with E-state index in [-0.39, 0.29) is 11.0 Å². The average Bonchev–Trinajstić information content (AvgIpc) is 2.86. The lowest BCUT2D eigenvalue weighted by atomic mass is 9.83. The number of nitrogens with zero attached hydrogens (tertiary/aromatic N) is 2. The van der Waals surface area contributed by atoms with Crippen LogP contribution in [0.1, 0.15) is 18.0 Å². The number of pyridine rings is 1. The molecule has 4 aromatic rings. The van der Waals surface area contributed by atoms with E-state index in [9.17, 15) is 9.59 Å². The summed E-state index contributed by atoms with van der Waals surface area (Å²) in [5.41, 5.74) is 2.95. The normalized spacial score (nSPS) is 19.5. The Labute approximate surface area is 207 Å². The van der Waals surface area contributed by atoms with Gasteiger partial charge >= 0.3 is 0 Å². The molecule has 0 spiro atoms. The van der Waals surface area contributed by atoms with Crippen molar-refractivity contribution in [3.8, 4) is 16.9 Å². The molecule has 2 atom stereocenters. The van der Waals surface area contributed by atoms with E-state index >= 15 is 0 Å². The minimum atomic E-state index is -0.0839. The van der Waals surface area contributed by atoms with E-state index < -0.39 is 0 Å². The summed E-state index contributed by atoms with van der Waals surface area (Å²) in [4.78, 5) is 27.6.